The molecule has 202 valence electrons. The minimum absolute atomic E-state index is 0.00823. The number of carboxylic acid groups (broad SMARTS) is 1. The summed E-state index contributed by atoms with van der Waals surface area (Å²) in [4.78, 5) is 25.9. The van der Waals surface area contributed by atoms with E-state index in [0.717, 1.165) is 37.7 Å². The van der Waals surface area contributed by atoms with Crippen LogP contribution < -0.4 is 16.0 Å². The van der Waals surface area contributed by atoms with Crippen molar-refractivity contribution in [1.82, 2.24) is 20.9 Å². The maximum Gasteiger partial charge on any atom is 0.404 e. The topological polar surface area (TPSA) is 103 Å². The first-order valence-corrected chi connectivity index (χ1v) is 13.4. The molecule has 3 unspecified atom stereocenters. The molecule has 1 aliphatic heterocycles. The van der Waals surface area contributed by atoms with Crippen LogP contribution in [0.3, 0.4) is 0 Å². The Labute approximate surface area is 218 Å². The molecule has 1 saturated carbocycles. The summed E-state index contributed by atoms with van der Waals surface area (Å²) in [5.74, 6) is 0.486. The zero-order chi connectivity index (χ0) is 25.9. The number of amides is 3. The van der Waals surface area contributed by atoms with Gasteiger partial charge in [-0.15, -0.1) is 0 Å². The maximum atomic E-state index is 13.5. The minimum atomic E-state index is -1.09. The predicted octanol–water partition coefficient (Wildman–Crippen LogP) is 4.59. The third-order valence-corrected chi connectivity index (χ3v) is 7.43. The molecule has 1 aromatic carbocycles. The van der Waals surface area contributed by atoms with Gasteiger partial charge < -0.3 is 30.7 Å². The summed E-state index contributed by atoms with van der Waals surface area (Å²) >= 11 is 6.24. The first-order valence-electron chi connectivity index (χ1n) is 13.0. The smallest absolute Gasteiger partial charge is 0.404 e. The van der Waals surface area contributed by atoms with Gasteiger partial charge in [0.25, 0.3) is 0 Å². The molecule has 3 rings (SSSR count). The summed E-state index contributed by atoms with van der Waals surface area (Å²) in [6.07, 6.45) is 3.49. The molecule has 3 amide bonds. The first-order chi connectivity index (χ1) is 17.4. The van der Waals surface area contributed by atoms with Gasteiger partial charge in [-0.3, -0.25) is 0 Å². The first kappa shape index (κ1) is 28.5. The van der Waals surface area contributed by atoms with E-state index in [9.17, 15) is 14.0 Å². The molecule has 0 spiro atoms. The van der Waals surface area contributed by atoms with E-state index < -0.39 is 12.3 Å². The molecular formula is C26H40ClFN4O4. The van der Waals surface area contributed by atoms with Crippen LogP contribution in [-0.4, -0.2) is 74.2 Å². The number of likely N-dealkylation sites (N-methyl/N-ethyl adjacent to an activating group) is 1. The van der Waals surface area contributed by atoms with E-state index in [0.29, 0.717) is 43.4 Å². The fourth-order valence-corrected chi connectivity index (χ4v) is 5.64. The molecule has 0 bridgehead atoms. The second-order valence-corrected chi connectivity index (χ2v) is 10.4. The predicted molar refractivity (Wildman–Crippen MR) is 138 cm³/mol. The molecule has 0 aromatic heterocycles. The van der Waals surface area contributed by atoms with Crippen molar-refractivity contribution in [2.45, 2.75) is 63.3 Å². The average molecular weight is 527 g/mol. The van der Waals surface area contributed by atoms with E-state index in [4.69, 9.17) is 21.4 Å². The van der Waals surface area contributed by atoms with Gasteiger partial charge in [0.2, 0.25) is 0 Å². The van der Waals surface area contributed by atoms with Gasteiger partial charge in [0.1, 0.15) is 6.17 Å². The number of piperidine rings is 1. The highest BCUT2D eigenvalue weighted by Gasteiger charge is 2.32. The number of urea groups is 1. The van der Waals surface area contributed by atoms with Crippen LogP contribution in [-0.2, 0) is 4.74 Å². The molecule has 8 nitrogen and oxygen atoms in total. The number of nitrogens with one attached hydrogen (secondary N) is 3. The summed E-state index contributed by atoms with van der Waals surface area (Å²) in [5.41, 5.74) is 0.918. The van der Waals surface area contributed by atoms with Crippen LogP contribution in [0.1, 0.15) is 56.6 Å². The molecule has 1 aromatic rings. The number of ether oxygens (including phenoxy) is 1. The Kier molecular flexibility index (Phi) is 11.5. The highest BCUT2D eigenvalue weighted by atomic mass is 35.5. The highest BCUT2D eigenvalue weighted by Crippen LogP contribution is 2.34. The fourth-order valence-electron chi connectivity index (χ4n) is 5.44. The van der Waals surface area contributed by atoms with Crippen LogP contribution in [0.5, 0.6) is 0 Å². The van der Waals surface area contributed by atoms with Crippen LogP contribution in [0.15, 0.2) is 24.3 Å². The molecule has 2 fully saturated rings. The van der Waals surface area contributed by atoms with E-state index in [-0.39, 0.29) is 37.2 Å². The molecule has 1 heterocycles. The lowest BCUT2D eigenvalue weighted by Crippen LogP contribution is -2.52. The van der Waals surface area contributed by atoms with E-state index in [1.807, 2.05) is 30.1 Å². The number of nitrogens with zero attached hydrogens (tertiary/aromatic N) is 1. The van der Waals surface area contributed by atoms with Gasteiger partial charge >= 0.3 is 12.1 Å². The van der Waals surface area contributed by atoms with Crippen LogP contribution in [0.25, 0.3) is 0 Å². The number of carbonyl (C=O) groups excluding carboxylic acids is 1. The number of carbonyl (C=O) groups is 2. The standard InChI is InChI=1S/C26H40ClFN4O4/c1-29-16-23(14-18-7-9-22(28)10-8-18)31-25(33)32-12-3-5-20(17-32)24(36-13-11-30-26(34)35)19-4-2-6-21(27)15-19/h2,4,6,15,18,20,22-24,29-30H,3,5,7-14,16-17H2,1H3,(H,31,33)(H,34,35). The Morgan fingerprint density at radius 3 is 2.72 bits per heavy atom. The Hall–Kier alpha value is -2.10. The van der Waals surface area contributed by atoms with Gasteiger partial charge in [-0.1, -0.05) is 23.7 Å². The summed E-state index contributed by atoms with van der Waals surface area (Å²) < 4.78 is 19.7. The average Bonchev–Trinajstić information content (AvgIpc) is 2.85. The monoisotopic (exact) mass is 526 g/mol. The van der Waals surface area contributed by atoms with Crippen molar-refractivity contribution < 1.29 is 23.8 Å². The molecule has 1 saturated heterocycles. The van der Waals surface area contributed by atoms with Crippen molar-refractivity contribution in [2.24, 2.45) is 11.8 Å². The van der Waals surface area contributed by atoms with Gasteiger partial charge in [-0.2, -0.15) is 0 Å². The number of alkyl halides is 1. The van der Waals surface area contributed by atoms with Crippen molar-refractivity contribution in [3.63, 3.8) is 0 Å². The molecule has 2 aliphatic rings. The Morgan fingerprint density at radius 1 is 1.25 bits per heavy atom. The lowest BCUT2D eigenvalue weighted by Gasteiger charge is -2.38. The molecule has 36 heavy (non-hydrogen) atoms. The summed E-state index contributed by atoms with van der Waals surface area (Å²) in [7, 11) is 1.88. The number of likely N-dealkylation sites (tertiary alicyclic amines) is 1. The van der Waals surface area contributed by atoms with E-state index in [2.05, 4.69) is 16.0 Å². The number of benzene rings is 1. The maximum absolute atomic E-state index is 13.5. The lowest BCUT2D eigenvalue weighted by molar-refractivity contribution is -0.00851. The number of hydrogen-bond donors (Lipinski definition) is 4. The second-order valence-electron chi connectivity index (χ2n) is 9.98. The summed E-state index contributed by atoms with van der Waals surface area (Å²) in [6.45, 7) is 2.28. The van der Waals surface area contributed by atoms with Gasteiger partial charge in [0, 0.05) is 43.2 Å². The largest absolute Gasteiger partial charge is 0.465 e. The fraction of sp³-hybridized carbons (Fsp3) is 0.692. The third kappa shape index (κ3) is 9.09. The Bertz CT molecular complexity index is 840. The van der Waals surface area contributed by atoms with E-state index in [1.165, 1.54) is 0 Å². The van der Waals surface area contributed by atoms with Gasteiger partial charge in [-0.05, 0) is 75.6 Å². The normalized spacial score (nSPS) is 24.1. The quantitative estimate of drug-likeness (QED) is 0.316. The van der Waals surface area contributed by atoms with E-state index in [1.54, 1.807) is 6.07 Å². The van der Waals surface area contributed by atoms with Crippen molar-refractivity contribution in [1.29, 1.82) is 0 Å². The SMILES string of the molecule is CNCC(CC1CCC(F)CC1)NC(=O)N1CCCC(C(OCCNC(=O)O)c2cccc(Cl)c2)C1. The van der Waals surface area contributed by atoms with Crippen molar-refractivity contribution in [2.75, 3.05) is 39.8 Å². The van der Waals surface area contributed by atoms with Crippen molar-refractivity contribution in [3.05, 3.63) is 34.9 Å². The molecule has 1 aliphatic carbocycles. The van der Waals surface area contributed by atoms with Crippen molar-refractivity contribution >= 4 is 23.7 Å². The Morgan fingerprint density at radius 2 is 2.03 bits per heavy atom. The number of halogens is 2. The number of hydrogen-bond acceptors (Lipinski definition) is 4. The summed E-state index contributed by atoms with van der Waals surface area (Å²) in [5, 5.41) is 18.2. The van der Waals surface area contributed by atoms with Crippen LogP contribution >= 0.6 is 11.6 Å². The third-order valence-electron chi connectivity index (χ3n) is 7.20. The van der Waals surface area contributed by atoms with Crippen molar-refractivity contribution in [3.8, 4) is 0 Å². The molecular weight excluding hydrogens is 487 g/mol. The van der Waals surface area contributed by atoms with Crippen LogP contribution in [0, 0.1) is 11.8 Å². The number of rotatable bonds is 11. The zero-order valence-electron chi connectivity index (χ0n) is 21.1. The van der Waals surface area contributed by atoms with Gasteiger partial charge in [0.05, 0.1) is 12.7 Å². The van der Waals surface area contributed by atoms with Gasteiger partial charge in [0.15, 0.2) is 0 Å². The van der Waals surface area contributed by atoms with Crippen LogP contribution in [0.2, 0.25) is 5.02 Å². The van der Waals surface area contributed by atoms with Crippen LogP contribution in [0.4, 0.5) is 14.0 Å². The Balaban J connectivity index is 1.61. The lowest BCUT2D eigenvalue weighted by atomic mass is 9.84. The van der Waals surface area contributed by atoms with Gasteiger partial charge in [-0.25, -0.2) is 14.0 Å². The molecule has 10 heteroatoms. The zero-order valence-corrected chi connectivity index (χ0v) is 21.8. The van der Waals surface area contributed by atoms with E-state index >= 15 is 0 Å². The molecule has 4 N–H and O–H groups in total. The summed E-state index contributed by atoms with van der Waals surface area (Å²) in [6, 6.07) is 7.40. The minimum Gasteiger partial charge on any atom is -0.465 e. The highest BCUT2D eigenvalue weighted by molar-refractivity contribution is 6.30. The second kappa shape index (κ2) is 14.6. The molecule has 3 atom stereocenters. The molecule has 0 radical (unpaired) electrons.